The summed E-state index contributed by atoms with van der Waals surface area (Å²) in [6, 6.07) is 7.95. The second kappa shape index (κ2) is 6.52. The van der Waals surface area contributed by atoms with Crippen LogP contribution in [0.3, 0.4) is 0 Å². The summed E-state index contributed by atoms with van der Waals surface area (Å²) in [6.07, 6.45) is 0.894. The predicted molar refractivity (Wildman–Crippen MR) is 76.6 cm³/mol. The van der Waals surface area contributed by atoms with E-state index < -0.39 is 0 Å². The van der Waals surface area contributed by atoms with E-state index in [1.165, 1.54) is 12.7 Å². The lowest BCUT2D eigenvalue weighted by Crippen LogP contribution is -2.41. The summed E-state index contributed by atoms with van der Waals surface area (Å²) in [6.45, 7) is 3.66. The van der Waals surface area contributed by atoms with E-state index in [0.717, 1.165) is 12.1 Å². The van der Waals surface area contributed by atoms with Gasteiger partial charge in [0.25, 0.3) is 0 Å². The van der Waals surface area contributed by atoms with E-state index in [1.807, 2.05) is 25.1 Å². The van der Waals surface area contributed by atoms with Crippen molar-refractivity contribution in [3.63, 3.8) is 0 Å². The van der Waals surface area contributed by atoms with Crippen LogP contribution in [-0.2, 0) is 20.7 Å². The van der Waals surface area contributed by atoms with Gasteiger partial charge >= 0.3 is 5.97 Å². The number of hydrogen-bond donors (Lipinski definition) is 0. The smallest absolute Gasteiger partial charge is 0.319 e. The van der Waals surface area contributed by atoms with Crippen LogP contribution >= 0.6 is 0 Å². The first kappa shape index (κ1) is 14.5. The molecule has 1 aromatic rings. The lowest BCUT2D eigenvalue weighted by Gasteiger charge is -2.23. The number of anilines is 1. The number of carbonyl (C=O) groups excluding carboxylic acids is 2. The van der Waals surface area contributed by atoms with Crippen molar-refractivity contribution in [1.82, 2.24) is 4.90 Å². The molecule has 1 aliphatic rings. The fourth-order valence-corrected chi connectivity index (χ4v) is 2.40. The van der Waals surface area contributed by atoms with E-state index in [4.69, 9.17) is 0 Å². The Hall–Kier alpha value is -1.88. The zero-order valence-corrected chi connectivity index (χ0v) is 12.0. The predicted octanol–water partition coefficient (Wildman–Crippen LogP) is 1.07. The number of likely N-dealkylation sites (N-methyl/N-ethyl adjacent to an activating group) is 1. The number of para-hydroxylation sites is 1. The quantitative estimate of drug-likeness (QED) is 0.755. The molecule has 0 bridgehead atoms. The van der Waals surface area contributed by atoms with Crippen LogP contribution in [-0.4, -0.2) is 50.1 Å². The molecule has 0 saturated carbocycles. The molecule has 2 rings (SSSR count). The van der Waals surface area contributed by atoms with Crippen molar-refractivity contribution in [3.8, 4) is 0 Å². The Bertz CT molecular complexity index is 502. The number of hydrogen-bond acceptors (Lipinski definition) is 4. The number of ether oxygens (including phenoxy) is 1. The maximum Gasteiger partial charge on any atom is 0.319 e. The molecule has 0 spiro atoms. The van der Waals surface area contributed by atoms with Gasteiger partial charge in [-0.15, -0.1) is 0 Å². The molecule has 1 aromatic carbocycles. The summed E-state index contributed by atoms with van der Waals surface area (Å²) in [5.41, 5.74) is 2.20. The summed E-state index contributed by atoms with van der Waals surface area (Å²) < 4.78 is 4.64. The highest BCUT2D eigenvalue weighted by Crippen LogP contribution is 2.27. The van der Waals surface area contributed by atoms with Crippen LogP contribution in [0.2, 0.25) is 0 Å². The van der Waals surface area contributed by atoms with E-state index in [9.17, 15) is 9.59 Å². The highest BCUT2D eigenvalue weighted by molar-refractivity contribution is 5.96. The number of fused-ring (bicyclic) bond motifs is 1. The van der Waals surface area contributed by atoms with Gasteiger partial charge in [-0.1, -0.05) is 25.1 Å². The Kier molecular flexibility index (Phi) is 4.74. The van der Waals surface area contributed by atoms with Gasteiger partial charge in [-0.3, -0.25) is 14.5 Å². The first-order valence-electron chi connectivity index (χ1n) is 6.83. The van der Waals surface area contributed by atoms with Crippen LogP contribution in [0.25, 0.3) is 0 Å². The number of rotatable bonds is 5. The minimum absolute atomic E-state index is 0.0284. The molecular weight excluding hydrogens is 256 g/mol. The summed E-state index contributed by atoms with van der Waals surface area (Å²) in [5.74, 6) is -0.290. The van der Waals surface area contributed by atoms with Crippen molar-refractivity contribution in [2.75, 3.05) is 38.2 Å². The van der Waals surface area contributed by atoms with Gasteiger partial charge in [0.2, 0.25) is 5.91 Å². The third-order valence-electron chi connectivity index (χ3n) is 3.57. The SMILES string of the molecule is CCN(CC(=O)OC)CC(=O)N1CCc2ccccc21. The minimum Gasteiger partial charge on any atom is -0.468 e. The Morgan fingerprint density at radius 3 is 2.75 bits per heavy atom. The molecule has 5 nitrogen and oxygen atoms in total. The number of nitrogens with zero attached hydrogens (tertiary/aromatic N) is 2. The van der Waals surface area contributed by atoms with Gasteiger partial charge in [0.05, 0.1) is 20.2 Å². The van der Waals surface area contributed by atoms with Crippen LogP contribution < -0.4 is 4.90 Å². The van der Waals surface area contributed by atoms with Crippen LogP contribution in [0.4, 0.5) is 5.69 Å². The van der Waals surface area contributed by atoms with Crippen molar-refractivity contribution >= 4 is 17.6 Å². The Labute approximate surface area is 119 Å². The molecule has 0 atom stereocenters. The molecule has 0 fully saturated rings. The van der Waals surface area contributed by atoms with Crippen LogP contribution in [0.5, 0.6) is 0 Å². The molecule has 0 N–H and O–H groups in total. The van der Waals surface area contributed by atoms with Crippen LogP contribution in [0, 0.1) is 0 Å². The molecule has 0 aromatic heterocycles. The van der Waals surface area contributed by atoms with Gasteiger partial charge in [0.1, 0.15) is 0 Å². The van der Waals surface area contributed by atoms with Crippen molar-refractivity contribution < 1.29 is 14.3 Å². The third-order valence-corrected chi connectivity index (χ3v) is 3.57. The second-order valence-electron chi connectivity index (χ2n) is 4.80. The lowest BCUT2D eigenvalue weighted by atomic mass is 10.2. The Morgan fingerprint density at radius 1 is 1.30 bits per heavy atom. The Balaban J connectivity index is 2.00. The number of esters is 1. The normalized spacial score (nSPS) is 13.4. The molecule has 20 heavy (non-hydrogen) atoms. The minimum atomic E-state index is -0.318. The number of amides is 1. The average Bonchev–Trinajstić information content (AvgIpc) is 2.90. The van der Waals surface area contributed by atoms with Gasteiger partial charge in [0, 0.05) is 12.2 Å². The van der Waals surface area contributed by atoms with Crippen molar-refractivity contribution in [2.24, 2.45) is 0 Å². The van der Waals surface area contributed by atoms with Gasteiger partial charge in [-0.05, 0) is 24.6 Å². The molecule has 0 saturated heterocycles. The molecule has 0 radical (unpaired) electrons. The monoisotopic (exact) mass is 276 g/mol. The number of methoxy groups -OCH3 is 1. The molecule has 1 amide bonds. The molecular formula is C15H20N2O3. The summed E-state index contributed by atoms with van der Waals surface area (Å²) in [4.78, 5) is 27.3. The van der Waals surface area contributed by atoms with E-state index >= 15 is 0 Å². The summed E-state index contributed by atoms with van der Waals surface area (Å²) in [5, 5.41) is 0. The number of carbonyl (C=O) groups is 2. The molecule has 0 aliphatic carbocycles. The molecule has 1 heterocycles. The van der Waals surface area contributed by atoms with E-state index in [1.54, 1.807) is 9.80 Å². The molecule has 1 aliphatic heterocycles. The van der Waals surface area contributed by atoms with E-state index in [2.05, 4.69) is 10.8 Å². The molecule has 0 unspecified atom stereocenters. The maximum absolute atomic E-state index is 12.4. The standard InChI is InChI=1S/C15H20N2O3/c1-3-16(11-15(19)20-2)10-14(18)17-9-8-12-6-4-5-7-13(12)17/h4-7H,3,8-11H2,1-2H3. The average molecular weight is 276 g/mol. The topological polar surface area (TPSA) is 49.9 Å². The van der Waals surface area contributed by atoms with Crippen molar-refractivity contribution in [2.45, 2.75) is 13.3 Å². The third kappa shape index (κ3) is 3.17. The van der Waals surface area contributed by atoms with E-state index in [0.29, 0.717) is 13.1 Å². The molecule has 108 valence electrons. The zero-order valence-electron chi connectivity index (χ0n) is 12.0. The van der Waals surface area contributed by atoms with Crippen LogP contribution in [0.1, 0.15) is 12.5 Å². The van der Waals surface area contributed by atoms with Gasteiger partial charge in [0.15, 0.2) is 0 Å². The van der Waals surface area contributed by atoms with Gasteiger partial charge in [-0.2, -0.15) is 0 Å². The first-order chi connectivity index (χ1) is 9.65. The van der Waals surface area contributed by atoms with Gasteiger partial charge in [-0.25, -0.2) is 0 Å². The van der Waals surface area contributed by atoms with Crippen LogP contribution in [0.15, 0.2) is 24.3 Å². The summed E-state index contributed by atoms with van der Waals surface area (Å²) >= 11 is 0. The second-order valence-corrected chi connectivity index (χ2v) is 4.80. The first-order valence-corrected chi connectivity index (χ1v) is 6.83. The highest BCUT2D eigenvalue weighted by atomic mass is 16.5. The number of benzene rings is 1. The lowest BCUT2D eigenvalue weighted by molar-refractivity contribution is -0.142. The Morgan fingerprint density at radius 2 is 2.05 bits per heavy atom. The van der Waals surface area contributed by atoms with Gasteiger partial charge < -0.3 is 9.64 Å². The van der Waals surface area contributed by atoms with Crippen molar-refractivity contribution in [3.05, 3.63) is 29.8 Å². The fraction of sp³-hybridized carbons (Fsp3) is 0.467. The highest BCUT2D eigenvalue weighted by Gasteiger charge is 2.25. The molecule has 5 heteroatoms. The fourth-order valence-electron chi connectivity index (χ4n) is 2.40. The van der Waals surface area contributed by atoms with E-state index in [-0.39, 0.29) is 25.0 Å². The largest absolute Gasteiger partial charge is 0.468 e. The van der Waals surface area contributed by atoms with Crippen molar-refractivity contribution in [1.29, 1.82) is 0 Å². The zero-order chi connectivity index (χ0) is 14.5. The summed E-state index contributed by atoms with van der Waals surface area (Å²) in [7, 11) is 1.36. The maximum atomic E-state index is 12.4.